The summed E-state index contributed by atoms with van der Waals surface area (Å²) in [6.07, 6.45) is 6.15. The zero-order valence-electron chi connectivity index (χ0n) is 13.3. The molecule has 3 unspecified atom stereocenters. The number of nitrogens with one attached hydrogen (secondary N) is 2. The summed E-state index contributed by atoms with van der Waals surface area (Å²) in [6, 6.07) is 4.81. The minimum Gasteiger partial charge on any atom is -0.324 e. The molecule has 3 rings (SSSR count). The summed E-state index contributed by atoms with van der Waals surface area (Å²) in [5.41, 5.74) is 4.53. The molecule has 3 nitrogen and oxygen atoms in total. The van der Waals surface area contributed by atoms with Gasteiger partial charge in [0.15, 0.2) is 0 Å². The molecule has 21 heavy (non-hydrogen) atoms. The zero-order chi connectivity index (χ0) is 15.0. The van der Waals surface area contributed by atoms with Gasteiger partial charge < -0.3 is 10.6 Å². The highest BCUT2D eigenvalue weighted by atomic mass is 16.2. The van der Waals surface area contributed by atoms with Gasteiger partial charge in [0.05, 0.1) is 6.04 Å². The van der Waals surface area contributed by atoms with Gasteiger partial charge in [-0.05, 0) is 57.1 Å². The maximum Gasteiger partial charge on any atom is 0.241 e. The van der Waals surface area contributed by atoms with Crippen molar-refractivity contribution >= 4 is 11.6 Å². The minimum atomic E-state index is -0.0156. The zero-order valence-corrected chi connectivity index (χ0v) is 13.3. The average Bonchev–Trinajstić information content (AvgIpc) is 2.86. The van der Waals surface area contributed by atoms with Crippen LogP contribution in [0.25, 0.3) is 0 Å². The lowest BCUT2D eigenvalue weighted by molar-refractivity contribution is -0.117. The van der Waals surface area contributed by atoms with E-state index in [1.165, 1.54) is 31.2 Å². The molecule has 2 aliphatic rings. The van der Waals surface area contributed by atoms with Crippen LogP contribution in [0, 0.1) is 26.7 Å². The van der Waals surface area contributed by atoms with Crippen LogP contribution in [0.2, 0.25) is 0 Å². The van der Waals surface area contributed by atoms with Crippen LogP contribution in [0.3, 0.4) is 0 Å². The van der Waals surface area contributed by atoms with Crippen molar-refractivity contribution in [2.45, 2.75) is 65.0 Å². The second-order valence-corrected chi connectivity index (χ2v) is 6.87. The Hall–Kier alpha value is -1.35. The molecular formula is C18H26N2O. The molecule has 1 aliphatic heterocycles. The molecule has 1 saturated carbocycles. The van der Waals surface area contributed by atoms with Gasteiger partial charge in [0.25, 0.3) is 0 Å². The van der Waals surface area contributed by atoms with Crippen LogP contribution in [0.5, 0.6) is 0 Å². The molecule has 3 atom stereocenters. The Labute approximate surface area is 127 Å². The lowest BCUT2D eigenvalue weighted by atomic mass is 9.85. The Morgan fingerprint density at radius 1 is 1.14 bits per heavy atom. The first-order valence-electron chi connectivity index (χ1n) is 8.19. The van der Waals surface area contributed by atoms with Crippen molar-refractivity contribution in [1.29, 1.82) is 0 Å². The molecule has 0 aromatic heterocycles. The minimum absolute atomic E-state index is 0.0156. The third kappa shape index (κ3) is 2.98. The van der Waals surface area contributed by atoms with Crippen LogP contribution in [0.4, 0.5) is 5.69 Å². The number of aryl methyl sites for hydroxylation is 3. The predicted octanol–water partition coefficient (Wildman–Crippen LogP) is 3.47. The first-order valence-corrected chi connectivity index (χ1v) is 8.19. The summed E-state index contributed by atoms with van der Waals surface area (Å²) in [5.74, 6) is 0.842. The fourth-order valence-electron chi connectivity index (χ4n) is 4.11. The molecule has 1 saturated heterocycles. The summed E-state index contributed by atoms with van der Waals surface area (Å²) in [4.78, 5) is 12.6. The number of hydrogen-bond acceptors (Lipinski definition) is 2. The van der Waals surface area contributed by atoms with Gasteiger partial charge in [0.1, 0.15) is 0 Å². The van der Waals surface area contributed by atoms with Crippen LogP contribution in [-0.2, 0) is 4.79 Å². The molecule has 3 heteroatoms. The van der Waals surface area contributed by atoms with Gasteiger partial charge in [0.2, 0.25) is 5.91 Å². The Morgan fingerprint density at radius 2 is 1.81 bits per heavy atom. The van der Waals surface area contributed by atoms with E-state index in [4.69, 9.17) is 0 Å². The predicted molar refractivity (Wildman–Crippen MR) is 86.6 cm³/mol. The SMILES string of the molecule is Cc1cc(C)c(NC(=O)C2CC3CCCCC3N2)c(C)c1. The maximum absolute atomic E-state index is 12.6. The van der Waals surface area contributed by atoms with Gasteiger partial charge in [0, 0.05) is 11.7 Å². The van der Waals surface area contributed by atoms with E-state index >= 15 is 0 Å². The fraction of sp³-hybridized carbons (Fsp3) is 0.611. The van der Waals surface area contributed by atoms with E-state index in [1.54, 1.807) is 0 Å². The Morgan fingerprint density at radius 3 is 2.48 bits per heavy atom. The first kappa shape index (κ1) is 14.6. The van der Waals surface area contributed by atoms with Crippen molar-refractivity contribution in [2.24, 2.45) is 5.92 Å². The molecule has 1 heterocycles. The summed E-state index contributed by atoms with van der Waals surface area (Å²) in [5, 5.41) is 6.71. The van der Waals surface area contributed by atoms with E-state index in [9.17, 15) is 4.79 Å². The normalized spacial score (nSPS) is 28.2. The number of benzene rings is 1. The van der Waals surface area contributed by atoms with Crippen molar-refractivity contribution < 1.29 is 4.79 Å². The van der Waals surface area contributed by atoms with Crippen LogP contribution in [0.15, 0.2) is 12.1 Å². The standard InChI is InChI=1S/C18H26N2O/c1-11-8-12(2)17(13(3)9-11)20-18(21)16-10-14-6-4-5-7-15(14)19-16/h8-9,14-16,19H,4-7,10H2,1-3H3,(H,20,21). The summed E-state index contributed by atoms with van der Waals surface area (Å²) in [6.45, 7) is 6.23. The molecule has 0 bridgehead atoms. The van der Waals surface area contributed by atoms with Crippen molar-refractivity contribution in [3.05, 3.63) is 28.8 Å². The lowest BCUT2D eigenvalue weighted by Crippen LogP contribution is -2.40. The summed E-state index contributed by atoms with van der Waals surface area (Å²) >= 11 is 0. The van der Waals surface area contributed by atoms with Gasteiger partial charge in [-0.1, -0.05) is 30.5 Å². The molecule has 2 N–H and O–H groups in total. The molecule has 1 aliphatic carbocycles. The molecule has 2 fully saturated rings. The van der Waals surface area contributed by atoms with Crippen molar-refractivity contribution in [1.82, 2.24) is 5.32 Å². The van der Waals surface area contributed by atoms with Gasteiger partial charge in [-0.15, -0.1) is 0 Å². The number of amides is 1. The first-order chi connectivity index (χ1) is 10.0. The van der Waals surface area contributed by atoms with Gasteiger partial charge in [-0.3, -0.25) is 4.79 Å². The van der Waals surface area contributed by atoms with Crippen LogP contribution < -0.4 is 10.6 Å². The van der Waals surface area contributed by atoms with E-state index in [1.807, 2.05) is 0 Å². The van der Waals surface area contributed by atoms with Crippen LogP contribution >= 0.6 is 0 Å². The highest BCUT2D eigenvalue weighted by Gasteiger charge is 2.38. The molecular weight excluding hydrogens is 260 g/mol. The molecule has 1 aromatic rings. The number of anilines is 1. The molecule has 114 valence electrons. The Balaban J connectivity index is 1.70. The van der Waals surface area contributed by atoms with Crippen molar-refractivity contribution in [3.63, 3.8) is 0 Å². The van der Waals surface area contributed by atoms with E-state index in [0.29, 0.717) is 12.0 Å². The number of carbonyl (C=O) groups excluding carboxylic acids is 1. The summed E-state index contributed by atoms with van der Waals surface area (Å²) < 4.78 is 0. The second-order valence-electron chi connectivity index (χ2n) is 6.87. The summed E-state index contributed by atoms with van der Waals surface area (Å²) in [7, 11) is 0. The van der Waals surface area contributed by atoms with Crippen LogP contribution in [-0.4, -0.2) is 18.0 Å². The van der Waals surface area contributed by atoms with E-state index in [-0.39, 0.29) is 11.9 Å². The smallest absolute Gasteiger partial charge is 0.241 e. The van der Waals surface area contributed by atoms with Gasteiger partial charge >= 0.3 is 0 Å². The third-order valence-corrected chi connectivity index (χ3v) is 5.10. The average molecular weight is 286 g/mol. The largest absolute Gasteiger partial charge is 0.324 e. The Kier molecular flexibility index (Phi) is 4.03. The van der Waals surface area contributed by atoms with E-state index in [2.05, 4.69) is 43.5 Å². The number of hydrogen-bond donors (Lipinski definition) is 2. The Bertz CT molecular complexity index is 515. The van der Waals surface area contributed by atoms with Crippen molar-refractivity contribution in [3.8, 4) is 0 Å². The number of rotatable bonds is 2. The van der Waals surface area contributed by atoms with Gasteiger partial charge in [-0.2, -0.15) is 0 Å². The fourth-order valence-corrected chi connectivity index (χ4v) is 4.11. The quantitative estimate of drug-likeness (QED) is 0.874. The molecule has 0 spiro atoms. The third-order valence-electron chi connectivity index (χ3n) is 5.10. The molecule has 1 amide bonds. The van der Waals surface area contributed by atoms with Gasteiger partial charge in [-0.25, -0.2) is 0 Å². The van der Waals surface area contributed by atoms with E-state index < -0.39 is 0 Å². The van der Waals surface area contributed by atoms with E-state index in [0.717, 1.165) is 23.2 Å². The lowest BCUT2D eigenvalue weighted by Gasteiger charge is -2.24. The second kappa shape index (κ2) is 5.80. The number of carbonyl (C=O) groups is 1. The topological polar surface area (TPSA) is 41.1 Å². The van der Waals surface area contributed by atoms with Crippen LogP contribution in [0.1, 0.15) is 48.8 Å². The van der Waals surface area contributed by atoms with Crippen molar-refractivity contribution in [2.75, 3.05) is 5.32 Å². The number of fused-ring (bicyclic) bond motifs is 1. The monoisotopic (exact) mass is 286 g/mol. The highest BCUT2D eigenvalue weighted by molar-refractivity contribution is 5.96. The highest BCUT2D eigenvalue weighted by Crippen LogP contribution is 2.33. The molecule has 1 aromatic carbocycles. The maximum atomic E-state index is 12.6. The molecule has 0 radical (unpaired) electrons.